The normalized spacial score (nSPS) is 13.0. The molecule has 0 bridgehead atoms. The molecule has 9 N–H and O–H groups in total. The minimum absolute atomic E-state index is 0.00991. The predicted octanol–water partition coefficient (Wildman–Crippen LogP) is 5.97. The summed E-state index contributed by atoms with van der Waals surface area (Å²) in [5, 5.41) is 42.4. The number of thiazole rings is 2. The van der Waals surface area contributed by atoms with Gasteiger partial charge in [0.2, 0.25) is 43.7 Å². The summed E-state index contributed by atoms with van der Waals surface area (Å²) in [6.45, 7) is 3.84. The lowest BCUT2D eigenvalue weighted by molar-refractivity contribution is -0.130. The van der Waals surface area contributed by atoms with Crippen molar-refractivity contribution in [3.63, 3.8) is 0 Å². The van der Waals surface area contributed by atoms with Gasteiger partial charge in [0.05, 0.1) is 33.9 Å². The number of nitrogens with zero attached hydrogens (tertiary/aromatic N) is 3. The topological polar surface area (TPSA) is 323 Å². The molecule has 80 heavy (non-hydrogen) atoms. The summed E-state index contributed by atoms with van der Waals surface area (Å²) in [5.41, 5.74) is 6.64. The van der Waals surface area contributed by atoms with Crippen molar-refractivity contribution in [2.75, 3.05) is 0 Å². The fourth-order valence-corrected chi connectivity index (χ4v) is 12.0. The maximum Gasteiger partial charge on any atom is 0.418 e. The van der Waals surface area contributed by atoms with Gasteiger partial charge in [-0.1, -0.05) is 149 Å². The molecule has 5 amide bonds. The van der Waals surface area contributed by atoms with Gasteiger partial charge in [-0.25, -0.2) is 45.9 Å². The van der Waals surface area contributed by atoms with E-state index in [0.717, 1.165) is 0 Å². The number of carboxylic acid groups (broad SMARTS) is 1. The number of hydrogen-bond donors (Lipinski definition) is 9. The quantitative estimate of drug-likeness (QED) is 0.0186. The highest BCUT2D eigenvalue weighted by Crippen LogP contribution is 2.17. The van der Waals surface area contributed by atoms with E-state index in [4.69, 9.17) is 10.8 Å². The molecular formula is C55H65N11O10S4. The SMILES string of the molecule is CCCC[C@H](NC(=O)[C@@H](Cc1cscn1)NS(=O)(=O)Cc1ccccc1)C(=O)NCc1ccc(C(=N)N(C(=N)c2ccc(CNC(=O)[C@H](CCCC)NC(=O)[C@@H](Cc3cscn3)NS(=O)(=O)Cc3ccccc3)cc2)C(=O)O)cc1. The zero-order valence-corrected chi connectivity index (χ0v) is 47.4. The molecule has 0 saturated carbocycles. The summed E-state index contributed by atoms with van der Waals surface area (Å²) >= 11 is 2.59. The smallest absolute Gasteiger partial charge is 0.418 e. The first-order valence-corrected chi connectivity index (χ1v) is 30.9. The van der Waals surface area contributed by atoms with Gasteiger partial charge in [-0.15, -0.1) is 22.7 Å². The number of amides is 5. The third-order valence-electron chi connectivity index (χ3n) is 12.5. The summed E-state index contributed by atoms with van der Waals surface area (Å²) < 4.78 is 58.0. The monoisotopic (exact) mass is 1170 g/mol. The Bertz CT molecular complexity index is 3030. The Morgan fingerprint density at radius 2 is 0.912 bits per heavy atom. The van der Waals surface area contributed by atoms with Crippen LogP contribution >= 0.6 is 22.7 Å². The van der Waals surface area contributed by atoms with Crippen LogP contribution in [-0.4, -0.2) is 102 Å². The van der Waals surface area contributed by atoms with E-state index in [1.54, 1.807) is 107 Å². The number of hydrogen-bond acceptors (Lipinski definition) is 15. The second-order valence-corrected chi connectivity index (χ2v) is 23.7. The predicted molar refractivity (Wildman–Crippen MR) is 307 cm³/mol. The van der Waals surface area contributed by atoms with E-state index < -0.39 is 85.6 Å². The van der Waals surface area contributed by atoms with Crippen LogP contribution in [0.2, 0.25) is 0 Å². The molecule has 6 rings (SSSR count). The fourth-order valence-electron chi connectivity index (χ4n) is 8.22. The molecule has 0 unspecified atom stereocenters. The fraction of sp³-hybridized carbons (Fsp3) is 0.327. The van der Waals surface area contributed by atoms with E-state index in [1.807, 2.05) is 13.8 Å². The van der Waals surface area contributed by atoms with E-state index in [1.165, 1.54) is 46.9 Å². The summed E-state index contributed by atoms with van der Waals surface area (Å²) in [5.74, 6) is -4.19. The number of benzene rings is 4. The highest BCUT2D eigenvalue weighted by Gasteiger charge is 2.32. The summed E-state index contributed by atoms with van der Waals surface area (Å²) in [6.07, 6.45) is 1.44. The largest absolute Gasteiger partial charge is 0.464 e. The summed E-state index contributed by atoms with van der Waals surface area (Å²) in [4.78, 5) is 76.4. The van der Waals surface area contributed by atoms with Crippen molar-refractivity contribution < 1.29 is 45.9 Å². The molecule has 2 heterocycles. The zero-order chi connectivity index (χ0) is 57.7. The number of sulfonamides is 2. The molecule has 21 nitrogen and oxygen atoms in total. The third kappa shape index (κ3) is 19.4. The minimum Gasteiger partial charge on any atom is -0.464 e. The Morgan fingerprint density at radius 3 is 1.24 bits per heavy atom. The second-order valence-electron chi connectivity index (χ2n) is 18.7. The molecule has 2 aromatic heterocycles. The molecular weight excluding hydrogens is 1100 g/mol. The van der Waals surface area contributed by atoms with Crippen LogP contribution in [0.4, 0.5) is 4.79 Å². The summed E-state index contributed by atoms with van der Waals surface area (Å²) in [6, 6.07) is 24.7. The average molecular weight is 1170 g/mol. The lowest BCUT2D eigenvalue weighted by Crippen LogP contribution is -2.54. The Hall–Kier alpha value is -7.55. The van der Waals surface area contributed by atoms with Gasteiger partial charge in [-0.3, -0.25) is 30.0 Å². The van der Waals surface area contributed by atoms with Crippen molar-refractivity contribution in [1.82, 2.24) is 45.6 Å². The number of carbonyl (C=O) groups excluding carboxylic acids is 4. The molecule has 4 aromatic carbocycles. The molecule has 0 radical (unpaired) electrons. The average Bonchev–Trinajstić information content (AvgIpc) is 4.18. The van der Waals surface area contributed by atoms with Gasteiger partial charge in [0, 0.05) is 47.8 Å². The van der Waals surface area contributed by atoms with Crippen LogP contribution in [0.5, 0.6) is 0 Å². The first-order valence-electron chi connectivity index (χ1n) is 25.7. The van der Waals surface area contributed by atoms with Crippen LogP contribution in [-0.2, 0) is 76.7 Å². The molecule has 6 aromatic rings. The lowest BCUT2D eigenvalue weighted by Gasteiger charge is -2.23. The van der Waals surface area contributed by atoms with Crippen LogP contribution < -0.4 is 30.7 Å². The molecule has 424 valence electrons. The Labute approximate surface area is 473 Å². The van der Waals surface area contributed by atoms with Crippen LogP contribution in [0.3, 0.4) is 0 Å². The molecule has 0 aliphatic rings. The molecule has 0 aliphatic carbocycles. The van der Waals surface area contributed by atoms with E-state index in [0.29, 0.717) is 64.2 Å². The first-order chi connectivity index (χ1) is 38.3. The van der Waals surface area contributed by atoms with E-state index >= 15 is 0 Å². The van der Waals surface area contributed by atoms with Gasteiger partial charge in [0.1, 0.15) is 35.8 Å². The van der Waals surface area contributed by atoms with Crippen LogP contribution in [0, 0.1) is 10.8 Å². The molecule has 0 saturated heterocycles. The number of aromatic nitrogens is 2. The number of amidine groups is 2. The number of unbranched alkanes of at least 4 members (excludes halogenated alkanes) is 2. The maximum atomic E-state index is 13.8. The second kappa shape index (κ2) is 30.2. The lowest BCUT2D eigenvalue weighted by atomic mass is 10.1. The van der Waals surface area contributed by atoms with E-state index in [9.17, 15) is 45.9 Å². The van der Waals surface area contributed by atoms with Gasteiger partial charge < -0.3 is 26.4 Å². The maximum absolute atomic E-state index is 13.8. The number of rotatable bonds is 30. The third-order valence-corrected chi connectivity index (χ3v) is 16.4. The molecule has 0 aliphatic heterocycles. The van der Waals surface area contributed by atoms with Gasteiger partial charge in [-0.05, 0) is 35.1 Å². The van der Waals surface area contributed by atoms with E-state index in [-0.39, 0.29) is 61.4 Å². The first kappa shape index (κ1) is 61.7. The zero-order valence-electron chi connectivity index (χ0n) is 44.1. The number of nitrogens with one attached hydrogen (secondary N) is 8. The van der Waals surface area contributed by atoms with Crippen molar-refractivity contribution in [2.45, 2.75) is 114 Å². The van der Waals surface area contributed by atoms with Crippen molar-refractivity contribution in [3.8, 4) is 0 Å². The van der Waals surface area contributed by atoms with Crippen molar-refractivity contribution in [1.29, 1.82) is 10.8 Å². The number of carbonyl (C=O) groups is 5. The van der Waals surface area contributed by atoms with Gasteiger partial charge in [-0.2, -0.15) is 0 Å². The standard InChI is InChI=1S/C55H65N11O10S4/c1-3-5-17-45(62-53(69)47(27-43-31-77-35-60-43)64-79(73,74)33-39-13-9-7-10-14-39)51(67)58-29-37-19-23-41(24-20-37)49(56)66(55(71)72)50(57)42-25-21-38(22-26-42)30-59-52(68)46(18-6-4-2)63-54(70)48(28-44-32-78-36-61-44)65-80(75,76)34-40-15-11-8-12-16-40/h7-16,19-26,31-32,35-36,45-48,56-57,64-65H,3-6,17-18,27-30,33-34H2,1-2H3,(H,58,67)(H,59,68)(H,62,69)(H,63,70)(H,71,72)/t45-,46-,47+,48+/m0/s1. The van der Waals surface area contributed by atoms with Crippen LogP contribution in [0.25, 0.3) is 0 Å². The highest BCUT2D eigenvalue weighted by atomic mass is 32.2. The Kier molecular flexibility index (Phi) is 23.2. The minimum atomic E-state index is -4.00. The Balaban J connectivity index is 1.04. The van der Waals surface area contributed by atoms with Crippen molar-refractivity contribution in [3.05, 3.63) is 176 Å². The van der Waals surface area contributed by atoms with E-state index in [2.05, 4.69) is 40.7 Å². The van der Waals surface area contributed by atoms with Gasteiger partial charge >= 0.3 is 6.09 Å². The van der Waals surface area contributed by atoms with Crippen LogP contribution in [0.15, 0.2) is 131 Å². The molecule has 0 spiro atoms. The van der Waals surface area contributed by atoms with Crippen molar-refractivity contribution >= 4 is 84.1 Å². The van der Waals surface area contributed by atoms with Gasteiger partial charge in [0.25, 0.3) is 0 Å². The van der Waals surface area contributed by atoms with Crippen LogP contribution in [0.1, 0.15) is 97.1 Å². The Morgan fingerprint density at radius 1 is 0.537 bits per heavy atom. The molecule has 0 fully saturated rings. The highest BCUT2D eigenvalue weighted by molar-refractivity contribution is 7.89. The molecule has 4 atom stereocenters. The van der Waals surface area contributed by atoms with Crippen molar-refractivity contribution in [2.24, 2.45) is 0 Å². The molecule has 25 heteroatoms. The van der Waals surface area contributed by atoms with Gasteiger partial charge in [0.15, 0.2) is 0 Å². The summed E-state index contributed by atoms with van der Waals surface area (Å²) in [7, 11) is -8.00.